The minimum atomic E-state index is 0.516. The molecule has 4 rings (SSSR count). The first-order chi connectivity index (χ1) is 9.81. The summed E-state index contributed by atoms with van der Waals surface area (Å²) in [6, 6.07) is 1.37. The van der Waals surface area contributed by atoms with E-state index in [0.29, 0.717) is 6.04 Å². The van der Waals surface area contributed by atoms with E-state index in [2.05, 4.69) is 9.80 Å². The maximum atomic E-state index is 6.48. The topological polar surface area (TPSA) is 32.5 Å². The Kier molecular flexibility index (Phi) is 3.78. The number of piperidine rings is 1. The predicted molar refractivity (Wildman–Crippen MR) is 82.6 cm³/mol. The fraction of sp³-hybridized carbons (Fsp3) is 1.00. The first-order valence-electron chi connectivity index (χ1n) is 9.03. The third-order valence-electron chi connectivity index (χ3n) is 6.78. The number of likely N-dealkylation sites (tertiary alicyclic amines) is 2. The summed E-state index contributed by atoms with van der Waals surface area (Å²) in [4.78, 5) is 5.51. The van der Waals surface area contributed by atoms with Crippen LogP contribution in [0.3, 0.4) is 0 Å². The molecule has 2 heterocycles. The van der Waals surface area contributed by atoms with Crippen LogP contribution in [-0.4, -0.2) is 54.6 Å². The summed E-state index contributed by atoms with van der Waals surface area (Å²) in [5.41, 5.74) is 6.48. The lowest BCUT2D eigenvalue weighted by Gasteiger charge is -2.34. The predicted octanol–water partition coefficient (Wildman–Crippen LogP) is 1.92. The average Bonchev–Trinajstić information content (AvgIpc) is 3.19. The van der Waals surface area contributed by atoms with Gasteiger partial charge in [-0.1, -0.05) is 6.42 Å². The van der Waals surface area contributed by atoms with Gasteiger partial charge < -0.3 is 10.6 Å². The summed E-state index contributed by atoms with van der Waals surface area (Å²) >= 11 is 0. The van der Waals surface area contributed by atoms with Gasteiger partial charge in [0.1, 0.15) is 0 Å². The molecular formula is C17H31N3. The number of nitrogens with two attached hydrogens (primary N) is 1. The maximum absolute atomic E-state index is 6.48. The molecule has 2 aliphatic carbocycles. The molecule has 2 N–H and O–H groups in total. The van der Waals surface area contributed by atoms with E-state index < -0.39 is 0 Å². The van der Waals surface area contributed by atoms with Crippen LogP contribution in [-0.2, 0) is 0 Å². The monoisotopic (exact) mass is 277 g/mol. The third kappa shape index (κ3) is 2.42. The summed E-state index contributed by atoms with van der Waals surface area (Å²) < 4.78 is 0. The van der Waals surface area contributed by atoms with Gasteiger partial charge in [-0.3, -0.25) is 4.90 Å². The Bertz CT molecular complexity index is 337. The summed E-state index contributed by atoms with van der Waals surface area (Å²) in [5.74, 6) is 2.64. The smallest absolute Gasteiger partial charge is 0.0235 e. The zero-order valence-electron chi connectivity index (χ0n) is 12.8. The first kappa shape index (κ1) is 13.5. The van der Waals surface area contributed by atoms with E-state index in [1.54, 1.807) is 0 Å². The van der Waals surface area contributed by atoms with Gasteiger partial charge in [-0.25, -0.2) is 0 Å². The molecule has 4 fully saturated rings. The first-order valence-corrected chi connectivity index (χ1v) is 9.03. The van der Waals surface area contributed by atoms with Crippen LogP contribution in [0.15, 0.2) is 0 Å². The maximum Gasteiger partial charge on any atom is 0.0235 e. The Morgan fingerprint density at radius 2 is 1.70 bits per heavy atom. The normalized spacial score (nSPS) is 46.4. The van der Waals surface area contributed by atoms with E-state index >= 15 is 0 Å². The van der Waals surface area contributed by atoms with Gasteiger partial charge in [-0.05, 0) is 75.9 Å². The molecular weight excluding hydrogens is 246 g/mol. The van der Waals surface area contributed by atoms with Gasteiger partial charge in [-0.15, -0.1) is 0 Å². The average molecular weight is 277 g/mol. The molecule has 4 aliphatic rings. The highest BCUT2D eigenvalue weighted by atomic mass is 15.3. The van der Waals surface area contributed by atoms with Gasteiger partial charge in [0, 0.05) is 25.2 Å². The van der Waals surface area contributed by atoms with E-state index in [1.165, 1.54) is 77.7 Å². The second-order valence-electron chi connectivity index (χ2n) is 7.87. The number of nitrogens with zero attached hydrogens (tertiary/aromatic N) is 2. The lowest BCUT2D eigenvalue weighted by molar-refractivity contribution is 0.149. The van der Waals surface area contributed by atoms with Crippen LogP contribution in [0.2, 0.25) is 0 Å². The quantitative estimate of drug-likeness (QED) is 0.855. The highest BCUT2D eigenvalue weighted by molar-refractivity contribution is 5.00. The van der Waals surface area contributed by atoms with Crippen LogP contribution in [0.25, 0.3) is 0 Å². The standard InChI is InChI=1S/C17H31N3/c18-17-14-5-4-13(10-14)16(17)12-19-9-6-15(11-19)20-7-2-1-3-8-20/h13-17H,1-12,18H2. The highest BCUT2D eigenvalue weighted by Gasteiger charge is 2.46. The minimum Gasteiger partial charge on any atom is -0.327 e. The molecule has 2 bridgehead atoms. The number of hydrogen-bond donors (Lipinski definition) is 1. The van der Waals surface area contributed by atoms with Crippen LogP contribution < -0.4 is 5.73 Å². The van der Waals surface area contributed by atoms with Crippen molar-refractivity contribution in [3.63, 3.8) is 0 Å². The SMILES string of the molecule is NC1C2CCC(C2)C1CN1CCC(N2CCCCC2)C1. The van der Waals surface area contributed by atoms with Crippen molar-refractivity contribution in [1.82, 2.24) is 9.80 Å². The third-order valence-corrected chi connectivity index (χ3v) is 6.78. The molecule has 0 aromatic carbocycles. The fourth-order valence-electron chi connectivity index (χ4n) is 5.58. The van der Waals surface area contributed by atoms with Gasteiger partial charge in [0.15, 0.2) is 0 Å². The molecule has 5 unspecified atom stereocenters. The second kappa shape index (κ2) is 5.58. The Labute approximate surface area is 123 Å². The molecule has 0 aromatic rings. The van der Waals surface area contributed by atoms with Crippen molar-refractivity contribution in [3.05, 3.63) is 0 Å². The fourth-order valence-corrected chi connectivity index (χ4v) is 5.58. The molecule has 0 aromatic heterocycles. The molecule has 2 saturated carbocycles. The molecule has 3 nitrogen and oxygen atoms in total. The van der Waals surface area contributed by atoms with E-state index in [9.17, 15) is 0 Å². The van der Waals surface area contributed by atoms with Crippen molar-refractivity contribution in [3.8, 4) is 0 Å². The number of fused-ring (bicyclic) bond motifs is 2. The van der Waals surface area contributed by atoms with E-state index in [-0.39, 0.29) is 0 Å². The number of rotatable bonds is 3. The summed E-state index contributed by atoms with van der Waals surface area (Å²) in [6.45, 7) is 6.65. The zero-order chi connectivity index (χ0) is 13.5. The minimum absolute atomic E-state index is 0.516. The highest BCUT2D eigenvalue weighted by Crippen LogP contribution is 2.48. The molecule has 3 heteroatoms. The van der Waals surface area contributed by atoms with E-state index in [1.807, 2.05) is 0 Å². The molecule has 20 heavy (non-hydrogen) atoms. The summed E-state index contributed by atoms with van der Waals surface area (Å²) in [7, 11) is 0. The van der Waals surface area contributed by atoms with Crippen molar-refractivity contribution in [2.45, 2.75) is 57.0 Å². The van der Waals surface area contributed by atoms with E-state index in [4.69, 9.17) is 5.73 Å². The Balaban J connectivity index is 1.30. The van der Waals surface area contributed by atoms with Crippen LogP contribution in [0.1, 0.15) is 44.9 Å². The molecule has 0 spiro atoms. The molecule has 0 radical (unpaired) electrons. The summed E-state index contributed by atoms with van der Waals surface area (Å²) in [5, 5.41) is 0. The largest absolute Gasteiger partial charge is 0.327 e. The second-order valence-corrected chi connectivity index (χ2v) is 7.87. The summed E-state index contributed by atoms with van der Waals surface area (Å²) in [6.07, 6.45) is 10.0. The number of hydrogen-bond acceptors (Lipinski definition) is 3. The molecule has 2 saturated heterocycles. The molecule has 114 valence electrons. The van der Waals surface area contributed by atoms with Crippen molar-refractivity contribution in [2.75, 3.05) is 32.7 Å². The van der Waals surface area contributed by atoms with Crippen LogP contribution in [0.4, 0.5) is 0 Å². The van der Waals surface area contributed by atoms with Gasteiger partial charge in [0.25, 0.3) is 0 Å². The zero-order valence-corrected chi connectivity index (χ0v) is 12.8. The van der Waals surface area contributed by atoms with Gasteiger partial charge in [-0.2, -0.15) is 0 Å². The van der Waals surface area contributed by atoms with Gasteiger partial charge in [0.2, 0.25) is 0 Å². The molecule has 2 aliphatic heterocycles. The molecule has 5 atom stereocenters. The van der Waals surface area contributed by atoms with Crippen LogP contribution in [0.5, 0.6) is 0 Å². The van der Waals surface area contributed by atoms with Crippen LogP contribution in [0, 0.1) is 17.8 Å². The Morgan fingerprint density at radius 1 is 0.900 bits per heavy atom. The Hall–Kier alpha value is -0.120. The van der Waals surface area contributed by atoms with Gasteiger partial charge in [0.05, 0.1) is 0 Å². The van der Waals surface area contributed by atoms with E-state index in [0.717, 1.165) is 23.8 Å². The van der Waals surface area contributed by atoms with Crippen molar-refractivity contribution in [2.24, 2.45) is 23.5 Å². The Morgan fingerprint density at radius 3 is 2.45 bits per heavy atom. The van der Waals surface area contributed by atoms with Crippen molar-refractivity contribution < 1.29 is 0 Å². The molecule has 0 amide bonds. The van der Waals surface area contributed by atoms with Gasteiger partial charge >= 0.3 is 0 Å². The van der Waals surface area contributed by atoms with Crippen molar-refractivity contribution >= 4 is 0 Å². The van der Waals surface area contributed by atoms with Crippen LogP contribution >= 0.6 is 0 Å². The lowest BCUT2D eigenvalue weighted by Crippen LogP contribution is -2.44. The van der Waals surface area contributed by atoms with Crippen molar-refractivity contribution in [1.29, 1.82) is 0 Å². The lowest BCUT2D eigenvalue weighted by atomic mass is 9.84.